The molecule has 106 valence electrons. The summed E-state index contributed by atoms with van der Waals surface area (Å²) in [6.45, 7) is 0.412. The lowest BCUT2D eigenvalue weighted by atomic mass is 10.1. The molecule has 3 aromatic rings. The van der Waals surface area contributed by atoms with Crippen molar-refractivity contribution in [2.75, 3.05) is 5.32 Å². The van der Waals surface area contributed by atoms with Gasteiger partial charge in [0.2, 0.25) is 0 Å². The zero-order valence-corrected chi connectivity index (χ0v) is 11.1. The standard InChI is InChI=1S/C16H13FN2O2/c17-13-5-4-10(16(20)21)8-15(13)19-9-11-2-1-3-14-12(11)6-7-18-14/h1-8,18-19H,9H2,(H,20,21). The van der Waals surface area contributed by atoms with Crippen molar-refractivity contribution in [3.63, 3.8) is 0 Å². The summed E-state index contributed by atoms with van der Waals surface area (Å²) in [6, 6.07) is 11.5. The Balaban J connectivity index is 1.86. The second kappa shape index (κ2) is 5.28. The van der Waals surface area contributed by atoms with Crippen LogP contribution in [0.4, 0.5) is 10.1 Å². The van der Waals surface area contributed by atoms with E-state index in [-0.39, 0.29) is 11.3 Å². The summed E-state index contributed by atoms with van der Waals surface area (Å²) in [6.07, 6.45) is 1.85. The van der Waals surface area contributed by atoms with Crippen LogP contribution in [-0.2, 0) is 6.54 Å². The first-order valence-corrected chi connectivity index (χ1v) is 6.47. The molecule has 0 aliphatic carbocycles. The summed E-state index contributed by atoms with van der Waals surface area (Å²) in [7, 11) is 0. The average molecular weight is 284 g/mol. The van der Waals surface area contributed by atoms with Gasteiger partial charge in [0.05, 0.1) is 11.3 Å². The van der Waals surface area contributed by atoms with Crippen molar-refractivity contribution < 1.29 is 14.3 Å². The number of aromatic carboxylic acids is 1. The maximum Gasteiger partial charge on any atom is 0.335 e. The predicted molar refractivity (Wildman–Crippen MR) is 79.0 cm³/mol. The van der Waals surface area contributed by atoms with E-state index in [2.05, 4.69) is 10.3 Å². The molecule has 5 heteroatoms. The highest BCUT2D eigenvalue weighted by Gasteiger charge is 2.09. The van der Waals surface area contributed by atoms with Crippen molar-refractivity contribution in [2.45, 2.75) is 6.54 Å². The zero-order valence-electron chi connectivity index (χ0n) is 11.1. The molecule has 4 nitrogen and oxygen atoms in total. The Morgan fingerprint density at radius 1 is 1.24 bits per heavy atom. The molecule has 0 bridgehead atoms. The van der Waals surface area contributed by atoms with Gasteiger partial charge in [-0.3, -0.25) is 0 Å². The first kappa shape index (κ1) is 13.2. The molecule has 0 saturated heterocycles. The number of H-pyrrole nitrogens is 1. The van der Waals surface area contributed by atoms with E-state index < -0.39 is 11.8 Å². The smallest absolute Gasteiger partial charge is 0.335 e. The van der Waals surface area contributed by atoms with Gasteiger partial charge in [-0.1, -0.05) is 12.1 Å². The summed E-state index contributed by atoms with van der Waals surface area (Å²) in [5.74, 6) is -1.55. The van der Waals surface area contributed by atoms with E-state index >= 15 is 0 Å². The Morgan fingerprint density at radius 2 is 2.10 bits per heavy atom. The third-order valence-electron chi connectivity index (χ3n) is 3.37. The molecule has 21 heavy (non-hydrogen) atoms. The maximum absolute atomic E-state index is 13.7. The summed E-state index contributed by atoms with van der Waals surface area (Å²) in [5, 5.41) is 13.0. The third kappa shape index (κ3) is 2.58. The highest BCUT2D eigenvalue weighted by Crippen LogP contribution is 2.21. The van der Waals surface area contributed by atoms with Crippen molar-refractivity contribution in [3.8, 4) is 0 Å². The van der Waals surface area contributed by atoms with Gasteiger partial charge in [0.15, 0.2) is 0 Å². The van der Waals surface area contributed by atoms with E-state index in [1.54, 1.807) is 0 Å². The lowest BCUT2D eigenvalue weighted by Crippen LogP contribution is -2.04. The fraction of sp³-hybridized carbons (Fsp3) is 0.0625. The molecule has 0 saturated carbocycles. The molecule has 0 amide bonds. The largest absolute Gasteiger partial charge is 0.478 e. The monoisotopic (exact) mass is 284 g/mol. The van der Waals surface area contributed by atoms with Crippen LogP contribution in [0.15, 0.2) is 48.7 Å². The van der Waals surface area contributed by atoms with Gasteiger partial charge in [-0.2, -0.15) is 0 Å². The van der Waals surface area contributed by atoms with Gasteiger partial charge in [-0.15, -0.1) is 0 Å². The Kier molecular flexibility index (Phi) is 3.31. The SMILES string of the molecule is O=C(O)c1ccc(F)c(NCc2cccc3[nH]ccc23)c1. The second-order valence-corrected chi connectivity index (χ2v) is 4.71. The number of hydrogen-bond donors (Lipinski definition) is 3. The minimum absolute atomic E-state index is 0.0544. The van der Waals surface area contributed by atoms with Crippen molar-refractivity contribution >= 4 is 22.6 Å². The van der Waals surface area contributed by atoms with E-state index in [1.807, 2.05) is 30.5 Å². The number of carboxylic acids is 1. The van der Waals surface area contributed by atoms with Crippen LogP contribution in [0.2, 0.25) is 0 Å². The molecule has 1 heterocycles. The molecule has 0 aliphatic heterocycles. The van der Waals surface area contributed by atoms with Crippen LogP contribution in [0.3, 0.4) is 0 Å². The molecule has 2 aromatic carbocycles. The van der Waals surface area contributed by atoms with Gasteiger partial charge in [0.25, 0.3) is 0 Å². The molecule has 3 rings (SSSR count). The van der Waals surface area contributed by atoms with Gasteiger partial charge in [-0.25, -0.2) is 9.18 Å². The van der Waals surface area contributed by atoms with Crippen LogP contribution < -0.4 is 5.32 Å². The fourth-order valence-corrected chi connectivity index (χ4v) is 2.29. The van der Waals surface area contributed by atoms with E-state index in [4.69, 9.17) is 5.11 Å². The number of hydrogen-bond acceptors (Lipinski definition) is 2. The number of rotatable bonds is 4. The maximum atomic E-state index is 13.7. The summed E-state index contributed by atoms with van der Waals surface area (Å²) in [4.78, 5) is 14.0. The van der Waals surface area contributed by atoms with Crippen molar-refractivity contribution in [2.24, 2.45) is 0 Å². The number of fused-ring (bicyclic) bond motifs is 1. The predicted octanol–water partition coefficient (Wildman–Crippen LogP) is 3.62. The lowest BCUT2D eigenvalue weighted by molar-refractivity contribution is 0.0697. The minimum atomic E-state index is -1.08. The Labute approximate surface area is 120 Å². The topological polar surface area (TPSA) is 65.1 Å². The molecule has 3 N–H and O–H groups in total. The van der Waals surface area contributed by atoms with Crippen LogP contribution in [0.25, 0.3) is 10.9 Å². The van der Waals surface area contributed by atoms with E-state index in [0.29, 0.717) is 6.54 Å². The number of aromatic amines is 1. The number of anilines is 1. The molecule has 1 aromatic heterocycles. The Morgan fingerprint density at radius 3 is 2.90 bits per heavy atom. The first-order valence-electron chi connectivity index (χ1n) is 6.47. The fourth-order valence-electron chi connectivity index (χ4n) is 2.29. The number of halogens is 1. The number of carboxylic acid groups (broad SMARTS) is 1. The molecular weight excluding hydrogens is 271 g/mol. The van der Waals surface area contributed by atoms with Crippen molar-refractivity contribution in [1.29, 1.82) is 0 Å². The van der Waals surface area contributed by atoms with Crippen LogP contribution in [0.5, 0.6) is 0 Å². The lowest BCUT2D eigenvalue weighted by Gasteiger charge is -2.09. The van der Waals surface area contributed by atoms with Crippen LogP contribution in [0.1, 0.15) is 15.9 Å². The van der Waals surface area contributed by atoms with Gasteiger partial charge in [-0.05, 0) is 35.9 Å². The van der Waals surface area contributed by atoms with E-state index in [0.717, 1.165) is 22.5 Å². The molecule has 0 atom stereocenters. The zero-order chi connectivity index (χ0) is 14.8. The van der Waals surface area contributed by atoms with E-state index in [9.17, 15) is 9.18 Å². The van der Waals surface area contributed by atoms with Crippen molar-refractivity contribution in [3.05, 3.63) is 65.6 Å². The van der Waals surface area contributed by atoms with Gasteiger partial charge < -0.3 is 15.4 Å². The summed E-state index contributed by atoms with van der Waals surface area (Å²) in [5.41, 5.74) is 2.25. The quantitative estimate of drug-likeness (QED) is 0.685. The molecule has 0 fully saturated rings. The summed E-state index contributed by atoms with van der Waals surface area (Å²) >= 11 is 0. The normalized spacial score (nSPS) is 10.7. The summed E-state index contributed by atoms with van der Waals surface area (Å²) < 4.78 is 13.7. The van der Waals surface area contributed by atoms with Crippen molar-refractivity contribution in [1.82, 2.24) is 4.98 Å². The van der Waals surface area contributed by atoms with Gasteiger partial charge in [0.1, 0.15) is 5.82 Å². The molecular formula is C16H13FN2O2. The average Bonchev–Trinajstić information content (AvgIpc) is 2.95. The first-order chi connectivity index (χ1) is 10.1. The molecule has 0 spiro atoms. The van der Waals surface area contributed by atoms with Crippen LogP contribution >= 0.6 is 0 Å². The molecule has 0 unspecified atom stereocenters. The Hall–Kier alpha value is -2.82. The Bertz CT molecular complexity index is 811. The minimum Gasteiger partial charge on any atom is -0.478 e. The molecule has 0 aliphatic rings. The highest BCUT2D eigenvalue weighted by atomic mass is 19.1. The van der Waals surface area contributed by atoms with E-state index in [1.165, 1.54) is 12.1 Å². The van der Waals surface area contributed by atoms with Gasteiger partial charge >= 0.3 is 5.97 Å². The third-order valence-corrected chi connectivity index (χ3v) is 3.37. The van der Waals surface area contributed by atoms with Gasteiger partial charge in [0, 0.05) is 23.6 Å². The number of carbonyl (C=O) groups is 1. The highest BCUT2D eigenvalue weighted by molar-refractivity contribution is 5.89. The number of benzene rings is 2. The van der Waals surface area contributed by atoms with Crippen LogP contribution in [0, 0.1) is 5.82 Å². The number of aromatic nitrogens is 1. The van der Waals surface area contributed by atoms with Crippen LogP contribution in [-0.4, -0.2) is 16.1 Å². The number of nitrogens with one attached hydrogen (secondary N) is 2. The second-order valence-electron chi connectivity index (χ2n) is 4.71. The molecule has 0 radical (unpaired) electrons.